The van der Waals surface area contributed by atoms with Crippen LogP contribution in [0.15, 0.2) is 24.3 Å². The first-order valence-corrected chi connectivity index (χ1v) is 6.83. The molecule has 0 aliphatic carbocycles. The molecule has 0 heterocycles. The Labute approximate surface area is 119 Å². The summed E-state index contributed by atoms with van der Waals surface area (Å²) in [4.78, 5) is 11.9. The molecule has 3 N–H and O–H groups in total. The molecular formula is C14H20N2O2S. The minimum Gasteiger partial charge on any atom is -0.487 e. The van der Waals surface area contributed by atoms with Crippen LogP contribution in [0.3, 0.4) is 0 Å². The summed E-state index contributed by atoms with van der Waals surface area (Å²) in [5.41, 5.74) is 6.11. The molecule has 0 spiro atoms. The molecule has 0 saturated heterocycles. The van der Waals surface area contributed by atoms with Crippen molar-refractivity contribution in [2.45, 2.75) is 32.6 Å². The molecule has 0 atom stereocenters. The number of unbranched alkanes of at least 4 members (excludes halogenated alkanes) is 2. The zero-order chi connectivity index (χ0) is 14.1. The largest absolute Gasteiger partial charge is 0.487 e. The predicted octanol–water partition coefficient (Wildman–Crippen LogP) is 2.87. The molecule has 0 saturated carbocycles. The first-order chi connectivity index (χ1) is 9.11. The van der Waals surface area contributed by atoms with Gasteiger partial charge in [-0.1, -0.05) is 32.0 Å². The number of thiocarbonyl (C=S) groups is 1. The zero-order valence-corrected chi connectivity index (χ0v) is 12.0. The number of nitrogens with one attached hydrogen (secondary N) is 1. The number of amides is 1. The van der Waals surface area contributed by atoms with Gasteiger partial charge in [0.2, 0.25) is 5.91 Å². The summed E-state index contributed by atoms with van der Waals surface area (Å²) < 4.78 is 5.33. The summed E-state index contributed by atoms with van der Waals surface area (Å²) in [6, 6.07) is 7.15. The number of anilines is 1. The molecule has 0 radical (unpaired) electrons. The highest BCUT2D eigenvalue weighted by molar-refractivity contribution is 7.80. The lowest BCUT2D eigenvalue weighted by Gasteiger charge is -2.07. The van der Waals surface area contributed by atoms with Crippen LogP contribution < -0.4 is 15.8 Å². The van der Waals surface area contributed by atoms with E-state index in [2.05, 4.69) is 12.2 Å². The molecule has 0 bridgehead atoms. The first kappa shape index (κ1) is 15.4. The van der Waals surface area contributed by atoms with E-state index in [1.165, 1.54) is 0 Å². The monoisotopic (exact) mass is 280 g/mol. The van der Waals surface area contributed by atoms with E-state index in [4.69, 9.17) is 22.7 Å². The minimum absolute atomic E-state index is 0.0465. The maximum Gasteiger partial charge on any atom is 0.224 e. The van der Waals surface area contributed by atoms with Crippen molar-refractivity contribution < 1.29 is 9.53 Å². The molecule has 0 aliphatic rings. The van der Waals surface area contributed by atoms with E-state index >= 15 is 0 Å². The Kier molecular flexibility index (Phi) is 6.89. The van der Waals surface area contributed by atoms with Gasteiger partial charge in [0.1, 0.15) is 17.3 Å². The van der Waals surface area contributed by atoms with E-state index in [9.17, 15) is 4.79 Å². The smallest absolute Gasteiger partial charge is 0.224 e. The van der Waals surface area contributed by atoms with Crippen LogP contribution in [0.5, 0.6) is 5.75 Å². The molecule has 104 valence electrons. The zero-order valence-electron chi connectivity index (χ0n) is 11.1. The molecular weight excluding hydrogens is 260 g/mol. The van der Waals surface area contributed by atoms with Gasteiger partial charge in [-0.25, -0.2) is 0 Å². The lowest BCUT2D eigenvalue weighted by Crippen LogP contribution is -2.17. The summed E-state index contributed by atoms with van der Waals surface area (Å²) in [6.07, 6.45) is 3.69. The Hall–Kier alpha value is -1.62. The Morgan fingerprint density at radius 3 is 2.58 bits per heavy atom. The van der Waals surface area contributed by atoms with Gasteiger partial charge >= 0.3 is 0 Å². The van der Waals surface area contributed by atoms with Crippen LogP contribution in [-0.4, -0.2) is 17.5 Å². The van der Waals surface area contributed by atoms with Crippen molar-refractivity contribution >= 4 is 28.8 Å². The fourth-order valence-electron chi connectivity index (χ4n) is 1.55. The van der Waals surface area contributed by atoms with Gasteiger partial charge in [0.05, 0.1) is 0 Å². The third-order valence-corrected chi connectivity index (χ3v) is 2.64. The molecule has 5 heteroatoms. The van der Waals surface area contributed by atoms with Gasteiger partial charge in [-0.05, 0) is 30.7 Å². The highest BCUT2D eigenvalue weighted by Crippen LogP contribution is 2.16. The molecule has 1 amide bonds. The number of hydrogen-bond donors (Lipinski definition) is 2. The molecule has 0 aliphatic heterocycles. The van der Waals surface area contributed by atoms with Gasteiger partial charge in [-0.2, -0.15) is 0 Å². The molecule has 0 aromatic heterocycles. The maximum atomic E-state index is 11.6. The minimum atomic E-state index is 0.0465. The predicted molar refractivity (Wildman–Crippen MR) is 81.5 cm³/mol. The van der Waals surface area contributed by atoms with Gasteiger partial charge in [0, 0.05) is 12.1 Å². The van der Waals surface area contributed by atoms with Crippen LogP contribution >= 0.6 is 12.2 Å². The average Bonchev–Trinajstić information content (AvgIpc) is 2.38. The fourth-order valence-corrected chi connectivity index (χ4v) is 1.61. The Morgan fingerprint density at radius 1 is 1.32 bits per heavy atom. The van der Waals surface area contributed by atoms with Gasteiger partial charge in [-0.15, -0.1) is 0 Å². The SMILES string of the molecule is CCCCCC(=O)Nc1ccc(OCC(N)=S)cc1. The summed E-state index contributed by atoms with van der Waals surface area (Å²) >= 11 is 4.72. The fraction of sp³-hybridized carbons (Fsp3) is 0.429. The molecule has 4 nitrogen and oxygen atoms in total. The van der Waals surface area contributed by atoms with Crippen molar-refractivity contribution in [2.24, 2.45) is 5.73 Å². The van der Waals surface area contributed by atoms with E-state index < -0.39 is 0 Å². The van der Waals surface area contributed by atoms with Crippen molar-refractivity contribution in [1.82, 2.24) is 0 Å². The molecule has 0 unspecified atom stereocenters. The average molecular weight is 280 g/mol. The number of rotatable bonds is 8. The van der Waals surface area contributed by atoms with E-state index in [0.717, 1.165) is 24.9 Å². The Bertz CT molecular complexity index is 418. The standard InChI is InChI=1S/C14H20N2O2S/c1-2-3-4-5-14(17)16-11-6-8-12(9-7-11)18-10-13(15)19/h6-9H,2-5,10H2,1H3,(H2,15,19)(H,16,17). The van der Waals surface area contributed by atoms with Crippen LogP contribution in [0, 0.1) is 0 Å². The second-order valence-electron chi connectivity index (χ2n) is 4.28. The van der Waals surface area contributed by atoms with Crippen molar-refractivity contribution in [3.8, 4) is 5.75 Å². The van der Waals surface area contributed by atoms with Crippen LogP contribution in [0.25, 0.3) is 0 Å². The maximum absolute atomic E-state index is 11.6. The number of benzene rings is 1. The van der Waals surface area contributed by atoms with Gasteiger partial charge in [0.15, 0.2) is 0 Å². The van der Waals surface area contributed by atoms with Crippen LogP contribution in [0.2, 0.25) is 0 Å². The van der Waals surface area contributed by atoms with Crippen molar-refractivity contribution in [2.75, 3.05) is 11.9 Å². The molecule has 19 heavy (non-hydrogen) atoms. The summed E-state index contributed by atoms with van der Waals surface area (Å²) in [7, 11) is 0. The molecule has 1 aromatic rings. The number of carbonyl (C=O) groups is 1. The van der Waals surface area contributed by atoms with Gasteiger partial charge in [-0.3, -0.25) is 4.79 Å². The number of nitrogens with two attached hydrogens (primary N) is 1. The first-order valence-electron chi connectivity index (χ1n) is 6.43. The van der Waals surface area contributed by atoms with E-state index in [1.54, 1.807) is 24.3 Å². The van der Waals surface area contributed by atoms with Crippen molar-refractivity contribution in [3.63, 3.8) is 0 Å². The summed E-state index contributed by atoms with van der Waals surface area (Å²) in [6.45, 7) is 2.34. The van der Waals surface area contributed by atoms with Crippen LogP contribution in [-0.2, 0) is 4.79 Å². The quantitative estimate of drug-likeness (QED) is 0.567. The summed E-state index contributed by atoms with van der Waals surface area (Å²) in [5, 5.41) is 2.85. The Morgan fingerprint density at radius 2 is 2.00 bits per heavy atom. The molecule has 1 aromatic carbocycles. The van der Waals surface area contributed by atoms with Crippen LogP contribution in [0.1, 0.15) is 32.6 Å². The lowest BCUT2D eigenvalue weighted by molar-refractivity contribution is -0.116. The highest BCUT2D eigenvalue weighted by atomic mass is 32.1. The van der Waals surface area contributed by atoms with Gasteiger partial charge < -0.3 is 15.8 Å². The summed E-state index contributed by atoms with van der Waals surface area (Å²) in [5.74, 6) is 0.724. The van der Waals surface area contributed by atoms with Crippen molar-refractivity contribution in [1.29, 1.82) is 0 Å². The molecule has 0 fully saturated rings. The molecule has 1 rings (SSSR count). The Balaban J connectivity index is 2.39. The van der Waals surface area contributed by atoms with E-state index in [0.29, 0.717) is 17.2 Å². The van der Waals surface area contributed by atoms with Crippen LogP contribution in [0.4, 0.5) is 5.69 Å². The van der Waals surface area contributed by atoms with E-state index in [-0.39, 0.29) is 12.5 Å². The number of carbonyl (C=O) groups excluding carboxylic acids is 1. The van der Waals surface area contributed by atoms with E-state index in [1.807, 2.05) is 0 Å². The second-order valence-corrected chi connectivity index (χ2v) is 4.81. The number of hydrogen-bond acceptors (Lipinski definition) is 3. The van der Waals surface area contributed by atoms with Crippen molar-refractivity contribution in [3.05, 3.63) is 24.3 Å². The second kappa shape index (κ2) is 8.48. The number of ether oxygens (including phenoxy) is 1. The lowest BCUT2D eigenvalue weighted by atomic mass is 10.2. The van der Waals surface area contributed by atoms with Gasteiger partial charge in [0.25, 0.3) is 0 Å². The third kappa shape index (κ3) is 6.76. The third-order valence-electron chi connectivity index (χ3n) is 2.53. The highest BCUT2D eigenvalue weighted by Gasteiger charge is 2.02. The topological polar surface area (TPSA) is 64.3 Å². The normalized spacial score (nSPS) is 9.95.